The van der Waals surface area contributed by atoms with Crippen LogP contribution < -0.4 is 4.72 Å². The van der Waals surface area contributed by atoms with Gasteiger partial charge in [0.2, 0.25) is 0 Å². The van der Waals surface area contributed by atoms with Crippen molar-refractivity contribution in [2.45, 2.75) is 0 Å². The van der Waals surface area contributed by atoms with Gasteiger partial charge in [-0.1, -0.05) is 0 Å². The van der Waals surface area contributed by atoms with Crippen molar-refractivity contribution in [1.82, 2.24) is 4.72 Å². The van der Waals surface area contributed by atoms with Crippen molar-refractivity contribution >= 4 is 16.0 Å². The zero-order valence-corrected chi connectivity index (χ0v) is 4.46. The highest BCUT2D eigenvalue weighted by Gasteiger charge is 1.80. The third kappa shape index (κ3) is 0.627. The molecule has 1 unspecified atom stereocenters. The van der Waals surface area contributed by atoms with E-state index in [1.165, 1.54) is 0 Å². The van der Waals surface area contributed by atoms with Gasteiger partial charge in [-0.2, -0.15) is 0 Å². The van der Waals surface area contributed by atoms with Gasteiger partial charge in [-0.15, -0.1) is 10.7 Å². The Balaban J connectivity index is 2.61. The molecule has 0 spiro atoms. The molecule has 1 aliphatic heterocycles. The van der Waals surface area contributed by atoms with E-state index in [-0.39, 0.29) is 0 Å². The molecule has 1 rings (SSSR count). The van der Waals surface area contributed by atoms with E-state index in [1.54, 1.807) is 0 Å². The molecule has 0 bridgehead atoms. The fourth-order valence-electron chi connectivity index (χ4n) is 0.343. The molecule has 0 saturated carbocycles. The van der Waals surface area contributed by atoms with Gasteiger partial charge < -0.3 is 4.72 Å². The average molecular weight is 101 g/mol. The molecule has 1 atom stereocenters. The second-order valence-corrected chi connectivity index (χ2v) is 2.79. The summed E-state index contributed by atoms with van der Waals surface area (Å²) in [4.78, 5) is 0. The maximum absolute atomic E-state index is 3.11. The lowest BCUT2D eigenvalue weighted by Crippen LogP contribution is -1.85. The van der Waals surface area contributed by atoms with E-state index < -0.39 is 0 Å². The molecule has 0 aromatic carbocycles. The lowest BCUT2D eigenvalue weighted by atomic mass is 10.7. The highest BCUT2D eigenvalue weighted by atomic mass is 32.2. The number of hydrogen-bond acceptors (Lipinski definition) is 1. The first-order chi connectivity index (χ1) is 2.89. The highest BCUT2D eigenvalue weighted by molar-refractivity contribution is 8.13. The molecule has 1 aliphatic rings. The zero-order chi connectivity index (χ0) is 4.41. The second kappa shape index (κ2) is 1.47. The Morgan fingerprint density at radius 3 is 2.67 bits per heavy atom. The molecular formula is C4H7NS. The smallest absolute Gasteiger partial charge is 0.00727 e. The Hall–Kier alpha value is -0.240. The SMILES string of the molecule is CS1=CC=CN1. The molecule has 0 aromatic rings. The van der Waals surface area contributed by atoms with Crippen molar-refractivity contribution in [2.75, 3.05) is 6.26 Å². The van der Waals surface area contributed by atoms with Gasteiger partial charge in [0.25, 0.3) is 0 Å². The Bertz CT molecular complexity index is 104. The fraction of sp³-hybridized carbons (Fsp3) is 0.250. The minimum Gasteiger partial charge on any atom is -0.342 e. The topological polar surface area (TPSA) is 12.0 Å². The molecule has 0 saturated heterocycles. The van der Waals surface area contributed by atoms with E-state index in [1.807, 2.05) is 12.3 Å². The van der Waals surface area contributed by atoms with Gasteiger partial charge >= 0.3 is 0 Å². The van der Waals surface area contributed by atoms with Gasteiger partial charge in [-0.05, 0) is 17.7 Å². The summed E-state index contributed by atoms with van der Waals surface area (Å²) in [6.45, 7) is 0. The average Bonchev–Trinajstić information content (AvgIpc) is 1.86. The van der Waals surface area contributed by atoms with Crippen LogP contribution in [-0.2, 0) is 0 Å². The van der Waals surface area contributed by atoms with Gasteiger partial charge in [0, 0.05) is 6.20 Å². The standard InChI is InChI=1S/C4H7NS/c1-6-4-2-3-5-6/h2-5H,1H3. The van der Waals surface area contributed by atoms with Crippen LogP contribution in [0.4, 0.5) is 0 Å². The Morgan fingerprint density at radius 1 is 1.67 bits per heavy atom. The van der Waals surface area contributed by atoms with Gasteiger partial charge in [-0.25, -0.2) is 0 Å². The Morgan fingerprint density at radius 2 is 2.50 bits per heavy atom. The van der Waals surface area contributed by atoms with Crippen molar-refractivity contribution in [3.63, 3.8) is 0 Å². The third-order valence-corrected chi connectivity index (χ3v) is 1.71. The minimum atomic E-state index is 0.341. The van der Waals surface area contributed by atoms with Crippen molar-refractivity contribution in [3.05, 3.63) is 12.3 Å². The maximum Gasteiger partial charge on any atom is 0.00727 e. The normalized spacial score (nSPS) is 29.2. The van der Waals surface area contributed by atoms with Crippen molar-refractivity contribution in [2.24, 2.45) is 0 Å². The van der Waals surface area contributed by atoms with Crippen molar-refractivity contribution < 1.29 is 0 Å². The molecule has 0 aliphatic carbocycles. The number of allylic oxidation sites excluding steroid dienone is 1. The summed E-state index contributed by atoms with van der Waals surface area (Å²) >= 11 is 0. The van der Waals surface area contributed by atoms with Crippen LogP contribution in [0.5, 0.6) is 0 Å². The van der Waals surface area contributed by atoms with E-state index in [9.17, 15) is 0 Å². The highest BCUT2D eigenvalue weighted by Crippen LogP contribution is 2.00. The van der Waals surface area contributed by atoms with Crippen molar-refractivity contribution in [3.8, 4) is 0 Å². The number of nitrogens with one attached hydrogen (secondary N) is 1. The van der Waals surface area contributed by atoms with Crippen LogP contribution in [0, 0.1) is 0 Å². The fourth-order valence-corrected chi connectivity index (χ4v) is 1.03. The van der Waals surface area contributed by atoms with Crippen LogP contribution in [0.2, 0.25) is 0 Å². The monoisotopic (exact) mass is 101 g/mol. The van der Waals surface area contributed by atoms with E-state index in [0.29, 0.717) is 10.7 Å². The first-order valence-corrected chi connectivity index (χ1v) is 3.50. The summed E-state index contributed by atoms with van der Waals surface area (Å²) in [5.41, 5.74) is 0. The molecule has 0 radical (unpaired) electrons. The summed E-state index contributed by atoms with van der Waals surface area (Å²) < 4.78 is 3.11. The summed E-state index contributed by atoms with van der Waals surface area (Å²) in [7, 11) is 0.341. The summed E-state index contributed by atoms with van der Waals surface area (Å²) in [6.07, 6.45) is 6.13. The summed E-state index contributed by atoms with van der Waals surface area (Å²) in [5.74, 6) is 0. The zero-order valence-electron chi connectivity index (χ0n) is 3.64. The molecule has 1 heterocycles. The van der Waals surface area contributed by atoms with Gasteiger partial charge in [0.15, 0.2) is 0 Å². The molecule has 2 heteroatoms. The lowest BCUT2D eigenvalue weighted by Gasteiger charge is -1.88. The summed E-state index contributed by atoms with van der Waals surface area (Å²) in [5, 5.41) is 2.14. The largest absolute Gasteiger partial charge is 0.342 e. The van der Waals surface area contributed by atoms with Gasteiger partial charge in [0.1, 0.15) is 0 Å². The van der Waals surface area contributed by atoms with Crippen LogP contribution in [0.25, 0.3) is 0 Å². The summed E-state index contributed by atoms with van der Waals surface area (Å²) in [6, 6.07) is 0. The molecule has 1 nitrogen and oxygen atoms in total. The van der Waals surface area contributed by atoms with Gasteiger partial charge in [-0.3, -0.25) is 0 Å². The van der Waals surface area contributed by atoms with Crippen LogP contribution in [0.3, 0.4) is 0 Å². The molecule has 0 fully saturated rings. The van der Waals surface area contributed by atoms with E-state index in [4.69, 9.17) is 0 Å². The van der Waals surface area contributed by atoms with E-state index >= 15 is 0 Å². The Labute approximate surface area is 40.1 Å². The van der Waals surface area contributed by atoms with Crippen molar-refractivity contribution in [1.29, 1.82) is 0 Å². The Kier molecular flexibility index (Phi) is 0.965. The van der Waals surface area contributed by atoms with Crippen LogP contribution in [0.1, 0.15) is 0 Å². The number of hydrogen-bond donors (Lipinski definition) is 1. The van der Waals surface area contributed by atoms with E-state index in [2.05, 4.69) is 16.3 Å². The predicted molar refractivity (Wildman–Crippen MR) is 31.9 cm³/mol. The molecule has 0 aromatic heterocycles. The number of rotatable bonds is 0. The lowest BCUT2D eigenvalue weighted by molar-refractivity contribution is 1.44. The quantitative estimate of drug-likeness (QED) is 0.443. The van der Waals surface area contributed by atoms with Gasteiger partial charge in [0.05, 0.1) is 0 Å². The first-order valence-electron chi connectivity index (χ1n) is 1.80. The molecule has 1 N–H and O–H groups in total. The van der Waals surface area contributed by atoms with Crippen LogP contribution in [0.15, 0.2) is 12.3 Å². The molecular weight excluding hydrogens is 94.1 g/mol. The maximum atomic E-state index is 3.11. The molecule has 34 valence electrons. The van der Waals surface area contributed by atoms with E-state index in [0.717, 1.165) is 0 Å². The predicted octanol–water partition coefficient (Wildman–Crippen LogP) is 0.719. The molecule has 6 heavy (non-hydrogen) atoms. The first kappa shape index (κ1) is 3.93. The van der Waals surface area contributed by atoms with Crippen LogP contribution >= 0.6 is 10.7 Å². The van der Waals surface area contributed by atoms with Crippen LogP contribution in [-0.4, -0.2) is 11.6 Å². The third-order valence-electron chi connectivity index (χ3n) is 0.633. The second-order valence-electron chi connectivity index (χ2n) is 1.17. The minimum absolute atomic E-state index is 0.341. The molecule has 0 amide bonds.